The molecule has 0 atom stereocenters. The maximum Gasteiger partial charge on any atom is 0.255 e. The summed E-state index contributed by atoms with van der Waals surface area (Å²) in [5.41, 5.74) is 9.16. The molecule has 0 saturated heterocycles. The number of benzene rings is 3. The van der Waals surface area contributed by atoms with Crippen LogP contribution in [0, 0.1) is 0 Å². The number of nitrogen functional groups attached to an aromatic ring is 1. The van der Waals surface area contributed by atoms with Crippen molar-refractivity contribution in [3.05, 3.63) is 78.4 Å². The van der Waals surface area contributed by atoms with Gasteiger partial charge < -0.3 is 25.1 Å². The topological polar surface area (TPSA) is 101 Å². The standard InChI is InChI=1S/C26H26N4O4/c1-29(2)20-9-12-24-19(15-20)16-25(34-24)30(17-31)13-14-33-21-10-7-18(8-11-21)26(32)28-23-6-4-3-5-22(23)27/h3-12,15-17H,13-14,27H2,1-2H3,(H,28,32). The molecule has 1 heterocycles. The average molecular weight is 459 g/mol. The molecule has 2 amide bonds. The fourth-order valence-corrected chi connectivity index (χ4v) is 3.42. The number of carbonyl (C=O) groups excluding carboxylic acids is 2. The summed E-state index contributed by atoms with van der Waals surface area (Å²) in [6.45, 7) is 0.560. The van der Waals surface area contributed by atoms with Gasteiger partial charge in [-0.25, -0.2) is 0 Å². The van der Waals surface area contributed by atoms with Gasteiger partial charge in [-0.2, -0.15) is 0 Å². The van der Waals surface area contributed by atoms with E-state index in [9.17, 15) is 9.59 Å². The van der Waals surface area contributed by atoms with E-state index in [0.717, 1.165) is 17.5 Å². The molecule has 4 aromatic rings. The number of nitrogens with one attached hydrogen (secondary N) is 1. The van der Waals surface area contributed by atoms with E-state index >= 15 is 0 Å². The summed E-state index contributed by atoms with van der Waals surface area (Å²) < 4.78 is 11.6. The molecule has 3 N–H and O–H groups in total. The maximum atomic E-state index is 12.4. The predicted molar refractivity (Wildman–Crippen MR) is 135 cm³/mol. The van der Waals surface area contributed by atoms with Crippen molar-refractivity contribution < 1.29 is 18.7 Å². The van der Waals surface area contributed by atoms with Crippen molar-refractivity contribution in [2.75, 3.05) is 48.1 Å². The second-order valence-corrected chi connectivity index (χ2v) is 7.91. The first-order valence-electron chi connectivity index (χ1n) is 10.8. The van der Waals surface area contributed by atoms with Gasteiger partial charge in [-0.05, 0) is 54.6 Å². The Kier molecular flexibility index (Phi) is 6.68. The van der Waals surface area contributed by atoms with Gasteiger partial charge in [0.2, 0.25) is 12.3 Å². The first-order chi connectivity index (χ1) is 16.4. The van der Waals surface area contributed by atoms with E-state index in [2.05, 4.69) is 5.32 Å². The zero-order valence-corrected chi connectivity index (χ0v) is 19.0. The molecule has 0 spiro atoms. The van der Waals surface area contributed by atoms with Crippen LogP contribution < -0.4 is 25.6 Å². The Bertz CT molecular complexity index is 1300. The van der Waals surface area contributed by atoms with Gasteiger partial charge in [0.15, 0.2) is 0 Å². The van der Waals surface area contributed by atoms with Crippen LogP contribution in [0.25, 0.3) is 11.0 Å². The van der Waals surface area contributed by atoms with Crippen LogP contribution in [0.4, 0.5) is 22.9 Å². The molecule has 34 heavy (non-hydrogen) atoms. The highest BCUT2D eigenvalue weighted by molar-refractivity contribution is 6.05. The van der Waals surface area contributed by atoms with E-state index in [4.69, 9.17) is 14.9 Å². The summed E-state index contributed by atoms with van der Waals surface area (Å²) >= 11 is 0. The number of hydrogen-bond acceptors (Lipinski definition) is 6. The smallest absolute Gasteiger partial charge is 0.255 e. The molecule has 0 fully saturated rings. The van der Waals surface area contributed by atoms with Gasteiger partial charge in [-0.3, -0.25) is 14.5 Å². The summed E-state index contributed by atoms with van der Waals surface area (Å²) in [5, 5.41) is 3.70. The fourth-order valence-electron chi connectivity index (χ4n) is 3.42. The Morgan fingerprint density at radius 3 is 2.53 bits per heavy atom. The van der Waals surface area contributed by atoms with Gasteiger partial charge in [0, 0.05) is 36.8 Å². The second kappa shape index (κ2) is 9.99. The Morgan fingerprint density at radius 1 is 1.06 bits per heavy atom. The molecule has 0 unspecified atom stereocenters. The normalized spacial score (nSPS) is 10.6. The molecule has 0 aliphatic rings. The summed E-state index contributed by atoms with van der Waals surface area (Å²) in [7, 11) is 3.94. The molecular weight excluding hydrogens is 432 g/mol. The number of nitrogens with zero attached hydrogens (tertiary/aromatic N) is 2. The van der Waals surface area contributed by atoms with E-state index in [1.54, 1.807) is 48.5 Å². The van der Waals surface area contributed by atoms with Crippen LogP contribution in [0.1, 0.15) is 10.4 Å². The average Bonchev–Trinajstić information content (AvgIpc) is 3.26. The zero-order chi connectivity index (χ0) is 24.1. The number of furan rings is 1. The third kappa shape index (κ3) is 5.12. The molecule has 0 aliphatic heterocycles. The largest absolute Gasteiger partial charge is 0.492 e. The van der Waals surface area contributed by atoms with Gasteiger partial charge in [-0.1, -0.05) is 12.1 Å². The molecule has 0 saturated carbocycles. The van der Waals surface area contributed by atoms with Gasteiger partial charge in [0.05, 0.1) is 17.9 Å². The lowest BCUT2D eigenvalue weighted by Gasteiger charge is -2.14. The van der Waals surface area contributed by atoms with Crippen molar-refractivity contribution in [3.8, 4) is 5.75 Å². The second-order valence-electron chi connectivity index (χ2n) is 7.91. The number of carbonyl (C=O) groups is 2. The van der Waals surface area contributed by atoms with Crippen molar-refractivity contribution >= 4 is 46.2 Å². The number of ether oxygens (including phenoxy) is 1. The van der Waals surface area contributed by atoms with Crippen LogP contribution in [0.15, 0.2) is 77.2 Å². The van der Waals surface area contributed by atoms with E-state index in [-0.39, 0.29) is 12.5 Å². The lowest BCUT2D eigenvalue weighted by Crippen LogP contribution is -2.26. The van der Waals surface area contributed by atoms with Crippen LogP contribution in [-0.2, 0) is 4.79 Å². The van der Waals surface area contributed by atoms with E-state index < -0.39 is 0 Å². The van der Waals surface area contributed by atoms with Crippen molar-refractivity contribution in [2.24, 2.45) is 0 Å². The molecule has 0 bridgehead atoms. The SMILES string of the molecule is CN(C)c1ccc2oc(N(C=O)CCOc3ccc(C(=O)Nc4ccccc4N)cc3)cc2c1. The Morgan fingerprint density at radius 2 is 1.82 bits per heavy atom. The summed E-state index contributed by atoms with van der Waals surface area (Å²) in [6.07, 6.45) is 0.719. The van der Waals surface area contributed by atoms with Crippen molar-refractivity contribution in [1.29, 1.82) is 0 Å². The molecular formula is C26H26N4O4. The molecule has 4 rings (SSSR count). The minimum Gasteiger partial charge on any atom is -0.492 e. The van der Waals surface area contributed by atoms with Crippen LogP contribution in [-0.4, -0.2) is 39.6 Å². The van der Waals surface area contributed by atoms with E-state index in [1.165, 1.54) is 4.90 Å². The highest BCUT2D eigenvalue weighted by Crippen LogP contribution is 2.28. The number of amides is 2. The maximum absolute atomic E-state index is 12.4. The quantitative estimate of drug-likeness (QED) is 0.285. The summed E-state index contributed by atoms with van der Waals surface area (Å²) in [4.78, 5) is 27.5. The minimum atomic E-state index is -0.265. The molecule has 0 aliphatic carbocycles. The first-order valence-corrected chi connectivity index (χ1v) is 10.8. The van der Waals surface area contributed by atoms with Gasteiger partial charge >= 0.3 is 0 Å². The molecule has 174 valence electrons. The Balaban J connectivity index is 1.34. The predicted octanol–water partition coefficient (Wildman–Crippen LogP) is 4.38. The number of fused-ring (bicyclic) bond motifs is 1. The van der Waals surface area contributed by atoms with Crippen molar-refractivity contribution in [2.45, 2.75) is 0 Å². The number of hydrogen-bond donors (Lipinski definition) is 2. The van der Waals surface area contributed by atoms with Gasteiger partial charge in [0.1, 0.15) is 17.9 Å². The molecule has 3 aromatic carbocycles. The molecule has 8 nitrogen and oxygen atoms in total. The highest BCUT2D eigenvalue weighted by Gasteiger charge is 2.13. The van der Waals surface area contributed by atoms with Gasteiger partial charge in [-0.15, -0.1) is 0 Å². The van der Waals surface area contributed by atoms with Crippen LogP contribution in [0.2, 0.25) is 0 Å². The lowest BCUT2D eigenvalue weighted by molar-refractivity contribution is -0.107. The minimum absolute atomic E-state index is 0.255. The van der Waals surface area contributed by atoms with Crippen LogP contribution in [0.5, 0.6) is 5.75 Å². The number of nitrogens with two attached hydrogens (primary N) is 1. The summed E-state index contributed by atoms with van der Waals surface area (Å²) in [6, 6.07) is 21.5. The van der Waals surface area contributed by atoms with Crippen LogP contribution >= 0.6 is 0 Å². The zero-order valence-electron chi connectivity index (χ0n) is 19.0. The third-order valence-electron chi connectivity index (χ3n) is 5.34. The van der Waals surface area contributed by atoms with E-state index in [1.807, 2.05) is 43.3 Å². The Hall–Kier alpha value is -4.46. The number of anilines is 4. The third-order valence-corrected chi connectivity index (χ3v) is 5.34. The van der Waals surface area contributed by atoms with Crippen molar-refractivity contribution in [3.63, 3.8) is 0 Å². The monoisotopic (exact) mass is 458 g/mol. The van der Waals surface area contributed by atoms with E-state index in [0.29, 0.717) is 40.7 Å². The first kappa shape index (κ1) is 22.7. The van der Waals surface area contributed by atoms with Gasteiger partial charge in [0.25, 0.3) is 5.91 Å². The molecule has 0 radical (unpaired) electrons. The number of para-hydroxylation sites is 2. The summed E-state index contributed by atoms with van der Waals surface area (Å²) in [5.74, 6) is 0.775. The van der Waals surface area contributed by atoms with Crippen molar-refractivity contribution in [1.82, 2.24) is 0 Å². The highest BCUT2D eigenvalue weighted by atomic mass is 16.5. The number of rotatable bonds is 9. The Labute approximate surface area is 197 Å². The molecule has 8 heteroatoms. The fraction of sp³-hybridized carbons (Fsp3) is 0.154. The van der Waals surface area contributed by atoms with Crippen LogP contribution in [0.3, 0.4) is 0 Å². The lowest BCUT2D eigenvalue weighted by atomic mass is 10.2. The molecule has 1 aromatic heterocycles.